The van der Waals surface area contributed by atoms with E-state index < -0.39 is 97.2 Å². The van der Waals surface area contributed by atoms with Crippen LogP contribution in [0.3, 0.4) is 0 Å². The van der Waals surface area contributed by atoms with Crippen LogP contribution in [0.1, 0.15) is 75.4 Å². The third kappa shape index (κ3) is 5.59. The highest BCUT2D eigenvalue weighted by atomic mass is 19.4. The first-order chi connectivity index (χ1) is 25.2. The molecule has 0 amide bonds. The molecule has 0 N–H and O–H groups in total. The number of allylic oxidation sites excluding steroid dienone is 6. The quantitative estimate of drug-likeness (QED) is 0.152. The summed E-state index contributed by atoms with van der Waals surface area (Å²) in [5, 5.41) is 39.6. The van der Waals surface area contributed by atoms with Crippen molar-refractivity contribution in [3.63, 3.8) is 0 Å². The molecular weight excluding hydrogens is 701 g/mol. The Bertz CT molecular complexity index is 2640. The summed E-state index contributed by atoms with van der Waals surface area (Å²) in [4.78, 5) is 13.0. The number of benzene rings is 3. The molecule has 0 spiro atoms. The Morgan fingerprint density at radius 2 is 1.17 bits per heavy atom. The largest absolute Gasteiger partial charge is 0.418 e. The molecule has 0 saturated heterocycles. The average molecular weight is 713 g/mol. The van der Waals surface area contributed by atoms with Gasteiger partial charge < -0.3 is 0 Å². The molecule has 0 bridgehead atoms. The molecule has 53 heavy (non-hydrogen) atoms. The molecule has 3 aromatic carbocycles. The predicted molar refractivity (Wildman–Crippen MR) is 175 cm³/mol. The summed E-state index contributed by atoms with van der Waals surface area (Å²) in [5.41, 5.74) is -17.6. The van der Waals surface area contributed by atoms with Crippen molar-refractivity contribution in [1.82, 2.24) is 0 Å². The minimum absolute atomic E-state index is 0.170. The monoisotopic (exact) mass is 712 g/mol. The molecule has 0 aromatic heterocycles. The minimum Gasteiger partial charge on any atom is -0.238 e. The zero-order valence-corrected chi connectivity index (χ0v) is 26.3. The number of hydrogen-bond acceptors (Lipinski definition) is 4. The topological polar surface area (TPSA) is 113 Å². The van der Waals surface area contributed by atoms with Gasteiger partial charge in [-0.05, 0) is 57.7 Å². The Hall–Kier alpha value is -7.95. The lowest BCUT2D eigenvalue weighted by molar-refractivity contribution is -0.0862. The molecule has 0 aliphatic heterocycles. The van der Waals surface area contributed by atoms with Gasteiger partial charge in [0.2, 0.25) is 0 Å². The fourth-order valence-corrected chi connectivity index (χ4v) is 6.49. The highest BCUT2D eigenvalue weighted by Gasteiger charge is 2.51. The summed E-state index contributed by atoms with van der Waals surface area (Å²) < 4.78 is 108. The van der Waals surface area contributed by atoms with Crippen LogP contribution in [-0.4, -0.2) is 6.18 Å². The zero-order chi connectivity index (χ0) is 39.1. The first-order valence-electron chi connectivity index (χ1n) is 14.4. The van der Waals surface area contributed by atoms with Gasteiger partial charge in [-0.1, -0.05) is 19.1 Å². The molecule has 2 aliphatic rings. The molecule has 8 nitrogen and oxygen atoms in total. The van der Waals surface area contributed by atoms with Crippen LogP contribution in [0.4, 0.5) is 42.1 Å². The number of hydrogen-bond donors (Lipinski definition) is 0. The molecule has 0 radical (unpaired) electrons. The van der Waals surface area contributed by atoms with E-state index in [4.69, 9.17) is 26.3 Å². The van der Waals surface area contributed by atoms with E-state index in [1.165, 1.54) is 12.1 Å². The maximum absolute atomic E-state index is 15.7. The minimum atomic E-state index is -5.66. The SMILES string of the molecule is [C-]#[N+]C1=C(C)/C(=C(\[N+]#[C-])c2cc(C#N)cc([N+]#[C-])c2)c2c1c(C(F)F)c1c(c2C(F)F)C(=C(C#N)c2cc(C#N)cc([N+]#[C-])c2)C(C(F)(F)F)=C1C#N. The van der Waals surface area contributed by atoms with Crippen molar-refractivity contribution in [3.05, 3.63) is 149 Å². The summed E-state index contributed by atoms with van der Waals surface area (Å²) >= 11 is 0. The first-order valence-corrected chi connectivity index (χ1v) is 14.4. The van der Waals surface area contributed by atoms with Crippen molar-refractivity contribution in [2.75, 3.05) is 0 Å². The van der Waals surface area contributed by atoms with Gasteiger partial charge in [-0.15, -0.1) is 0 Å². The Morgan fingerprint density at radius 3 is 1.60 bits per heavy atom. The van der Waals surface area contributed by atoms with Crippen molar-refractivity contribution in [1.29, 1.82) is 21.0 Å². The van der Waals surface area contributed by atoms with Crippen molar-refractivity contribution in [2.45, 2.75) is 26.0 Å². The van der Waals surface area contributed by atoms with Crippen LogP contribution in [0.25, 0.3) is 53.1 Å². The van der Waals surface area contributed by atoms with Gasteiger partial charge in [0.05, 0.1) is 55.1 Å². The van der Waals surface area contributed by atoms with Gasteiger partial charge in [0.25, 0.3) is 12.9 Å². The van der Waals surface area contributed by atoms with E-state index in [1.54, 1.807) is 12.1 Å². The van der Waals surface area contributed by atoms with Gasteiger partial charge in [0.15, 0.2) is 22.8 Å². The summed E-state index contributed by atoms with van der Waals surface area (Å²) in [6, 6.07) is 12.2. The number of nitriles is 4. The van der Waals surface area contributed by atoms with Crippen LogP contribution in [0.2, 0.25) is 0 Å². The zero-order valence-electron chi connectivity index (χ0n) is 26.3. The van der Waals surface area contributed by atoms with Crippen LogP contribution in [-0.2, 0) is 0 Å². The van der Waals surface area contributed by atoms with Crippen LogP contribution >= 0.6 is 0 Å². The molecule has 5 rings (SSSR count). The smallest absolute Gasteiger partial charge is 0.238 e. The molecule has 2 aliphatic carbocycles. The number of alkyl halides is 7. The van der Waals surface area contributed by atoms with Gasteiger partial charge in [-0.25, -0.2) is 36.9 Å². The molecule has 252 valence electrons. The molecule has 0 atom stereocenters. The standard InChI is InChI=1S/C38H11F7N8/c1-16-25(35(53-5)20-7-18(13-47)9-22(11-20)51-3)28-30(34(16)52-4)31(36(39)40)26-24(15-49)33(38(43,44)45)27(29(26)32(28)37(41)42)23(14-48)19-6-17(12-46)8-21(10-19)50-2/h6-11,36-37H,1H3/b27-23?,35-25+. The highest BCUT2D eigenvalue weighted by molar-refractivity contribution is 6.20. The van der Waals surface area contributed by atoms with E-state index in [2.05, 4.69) is 19.4 Å². The second-order valence-electron chi connectivity index (χ2n) is 11.1. The lowest BCUT2D eigenvalue weighted by atomic mass is 9.81. The molecule has 0 heterocycles. The molecular formula is C38H11F7N8. The van der Waals surface area contributed by atoms with Crippen LogP contribution in [0.15, 0.2) is 47.5 Å². The lowest BCUT2D eigenvalue weighted by Crippen LogP contribution is -2.14. The Kier molecular flexibility index (Phi) is 9.19. The molecule has 3 aromatic rings. The van der Waals surface area contributed by atoms with Gasteiger partial charge in [0.1, 0.15) is 12.1 Å². The number of nitrogens with zero attached hydrogens (tertiary/aromatic N) is 8. The molecule has 0 fully saturated rings. The van der Waals surface area contributed by atoms with Crippen molar-refractivity contribution in [3.8, 4) is 24.3 Å². The molecule has 15 heteroatoms. The maximum atomic E-state index is 15.7. The lowest BCUT2D eigenvalue weighted by Gasteiger charge is -2.23. The average Bonchev–Trinajstić information content (AvgIpc) is 3.62. The number of halogens is 7. The third-order valence-corrected chi connectivity index (χ3v) is 8.36. The van der Waals surface area contributed by atoms with Crippen molar-refractivity contribution >= 4 is 45.1 Å². The summed E-state index contributed by atoms with van der Waals surface area (Å²) in [7, 11) is 0. The van der Waals surface area contributed by atoms with Crippen molar-refractivity contribution < 1.29 is 30.7 Å². The third-order valence-electron chi connectivity index (χ3n) is 8.36. The van der Waals surface area contributed by atoms with E-state index in [1.807, 2.05) is 0 Å². The summed E-state index contributed by atoms with van der Waals surface area (Å²) in [6.07, 6.45) is -13.4. The van der Waals surface area contributed by atoms with E-state index in [-0.39, 0.29) is 33.6 Å². The summed E-state index contributed by atoms with van der Waals surface area (Å²) in [6.45, 7) is 31.7. The number of fused-ring (bicyclic) bond motifs is 2. The molecule has 0 unspecified atom stereocenters. The highest BCUT2D eigenvalue weighted by Crippen LogP contribution is 2.61. The van der Waals surface area contributed by atoms with Gasteiger partial charge >= 0.3 is 6.18 Å². The summed E-state index contributed by atoms with van der Waals surface area (Å²) in [5.74, 6) is 0. The van der Waals surface area contributed by atoms with E-state index in [0.717, 1.165) is 43.3 Å². The van der Waals surface area contributed by atoms with E-state index in [0.29, 0.717) is 0 Å². The fraction of sp³-hybridized carbons (Fsp3) is 0.105. The van der Waals surface area contributed by atoms with E-state index in [9.17, 15) is 21.0 Å². The van der Waals surface area contributed by atoms with Crippen LogP contribution in [0, 0.1) is 71.6 Å². The fourth-order valence-electron chi connectivity index (χ4n) is 6.49. The first kappa shape index (κ1) is 36.3. The van der Waals surface area contributed by atoms with Gasteiger partial charge in [-0.2, -0.15) is 34.2 Å². The normalized spacial score (nSPS) is 14.9. The Labute approximate surface area is 295 Å². The second kappa shape index (κ2) is 13.4. The molecule has 0 saturated carbocycles. The Balaban J connectivity index is 2.18. The van der Waals surface area contributed by atoms with Gasteiger partial charge in [-0.3, -0.25) is 0 Å². The maximum Gasteiger partial charge on any atom is 0.418 e. The van der Waals surface area contributed by atoms with E-state index >= 15 is 30.7 Å². The Morgan fingerprint density at radius 1 is 0.660 bits per heavy atom. The van der Waals surface area contributed by atoms with Crippen LogP contribution in [0.5, 0.6) is 0 Å². The number of rotatable bonds is 4. The van der Waals surface area contributed by atoms with Gasteiger partial charge in [0, 0.05) is 39.0 Å². The van der Waals surface area contributed by atoms with Crippen molar-refractivity contribution in [2.24, 2.45) is 0 Å². The predicted octanol–water partition coefficient (Wildman–Crippen LogP) is 11.1. The van der Waals surface area contributed by atoms with Crippen LogP contribution < -0.4 is 0 Å². The second-order valence-corrected chi connectivity index (χ2v) is 11.1.